The molecule has 4 aromatic rings. The zero-order chi connectivity index (χ0) is 37.1. The minimum absolute atomic E-state index is 0.107. The van der Waals surface area contributed by atoms with Crippen molar-refractivity contribution >= 4 is 35.8 Å². The van der Waals surface area contributed by atoms with E-state index in [4.69, 9.17) is 14.0 Å². The van der Waals surface area contributed by atoms with E-state index < -0.39 is 13.9 Å². The Labute approximate surface area is 311 Å². The molecule has 3 aromatic carbocycles. The zero-order valence-corrected chi connectivity index (χ0v) is 33.4. The molecule has 8 nitrogen and oxygen atoms in total. The Balaban J connectivity index is 1.10. The molecule has 0 bridgehead atoms. The average Bonchev–Trinajstić information content (AvgIpc) is 3.78. The van der Waals surface area contributed by atoms with Gasteiger partial charge in [-0.1, -0.05) is 79.7 Å². The van der Waals surface area contributed by atoms with E-state index in [1.165, 1.54) is 0 Å². The molecular weight excluding hydrogens is 667 g/mol. The van der Waals surface area contributed by atoms with Crippen molar-refractivity contribution in [2.75, 3.05) is 33.8 Å². The van der Waals surface area contributed by atoms with Gasteiger partial charge in [0.05, 0.1) is 17.9 Å². The lowest BCUT2D eigenvalue weighted by molar-refractivity contribution is 0.0181. The number of hydrogen-bond donors (Lipinski definition) is 1. The maximum Gasteiger partial charge on any atom is 0.410 e. The van der Waals surface area contributed by atoms with Gasteiger partial charge in [0, 0.05) is 30.4 Å². The van der Waals surface area contributed by atoms with Crippen LogP contribution >= 0.6 is 0 Å². The Morgan fingerprint density at radius 3 is 2.13 bits per heavy atom. The monoisotopic (exact) mass is 725 g/mol. The van der Waals surface area contributed by atoms with Crippen LogP contribution in [0.25, 0.3) is 11.0 Å². The summed E-state index contributed by atoms with van der Waals surface area (Å²) in [4.78, 5) is 29.2. The molecule has 0 spiro atoms. The molecule has 1 aromatic heterocycles. The van der Waals surface area contributed by atoms with Gasteiger partial charge < -0.3 is 28.6 Å². The van der Waals surface area contributed by atoms with Crippen LogP contribution in [0.15, 0.2) is 77.3 Å². The van der Waals surface area contributed by atoms with E-state index >= 15 is 0 Å². The van der Waals surface area contributed by atoms with Crippen molar-refractivity contribution < 1.29 is 23.6 Å². The quantitative estimate of drug-likeness (QED) is 0.132. The highest BCUT2D eigenvalue weighted by molar-refractivity contribution is 6.98. The molecule has 1 saturated carbocycles. The maximum absolute atomic E-state index is 12.7. The summed E-state index contributed by atoms with van der Waals surface area (Å²) in [7, 11) is 1.07. The van der Waals surface area contributed by atoms with E-state index in [1.54, 1.807) is 0 Å². The molecular formula is C43H59N3O5Si. The summed E-state index contributed by atoms with van der Waals surface area (Å²) in [6, 6.07) is 24.9. The molecule has 52 heavy (non-hydrogen) atoms. The summed E-state index contributed by atoms with van der Waals surface area (Å²) in [5.41, 5.74) is 2.48. The summed E-state index contributed by atoms with van der Waals surface area (Å²) in [5, 5.41) is 7.46. The van der Waals surface area contributed by atoms with Crippen LogP contribution in [0.3, 0.4) is 0 Å². The number of carbonyl (C=O) groups is 1. The highest BCUT2D eigenvalue weighted by atomic mass is 28.4. The second kappa shape index (κ2) is 15.4. The van der Waals surface area contributed by atoms with Gasteiger partial charge in [-0.25, -0.2) is 4.79 Å². The number of aromatic nitrogens is 1. The van der Waals surface area contributed by atoms with Gasteiger partial charge >= 0.3 is 6.09 Å². The first-order valence-electron chi connectivity index (χ1n) is 19.2. The Kier molecular flexibility index (Phi) is 11.2. The number of rotatable bonds is 14. The van der Waals surface area contributed by atoms with Crippen LogP contribution in [0.1, 0.15) is 90.8 Å². The van der Waals surface area contributed by atoms with Crippen LogP contribution in [-0.2, 0) is 17.7 Å². The first kappa shape index (κ1) is 38.1. The molecule has 0 radical (unpaired) electrons. The number of ether oxygens (including phenoxy) is 2. The van der Waals surface area contributed by atoms with Gasteiger partial charge in [0.1, 0.15) is 11.4 Å². The van der Waals surface area contributed by atoms with Gasteiger partial charge in [0.15, 0.2) is 5.58 Å². The normalized spacial score (nSPS) is 16.8. The summed E-state index contributed by atoms with van der Waals surface area (Å²) in [5.74, 6) is 1.40. The summed E-state index contributed by atoms with van der Waals surface area (Å²) < 4.78 is 18.4. The second-order valence-corrected chi connectivity index (χ2v) is 21.3. The van der Waals surface area contributed by atoms with E-state index in [0.717, 1.165) is 103 Å². The molecule has 1 N–H and O–H groups in total. The number of hydrogen-bond acceptors (Lipinski definition) is 7. The second-order valence-electron chi connectivity index (χ2n) is 17.4. The predicted octanol–water partition coefficient (Wildman–Crippen LogP) is 7.94. The van der Waals surface area contributed by atoms with Crippen LogP contribution in [0.4, 0.5) is 4.79 Å². The van der Waals surface area contributed by atoms with E-state index in [-0.39, 0.29) is 16.5 Å². The first-order valence-corrected chi connectivity index (χ1v) is 21.1. The SMILES string of the molecule is CN(C)Cc1c(OCC2(CCC(C)(C)[Si](O)(c3ccccc3)c3ccccc3)CC2)ccc2c(CCC3CCN(C(=O)OC(C)(C)C)CC3)noc12. The number of aryl methyl sites for hydroxylation is 1. The van der Waals surface area contributed by atoms with Crippen molar-refractivity contribution in [1.82, 2.24) is 15.0 Å². The molecule has 1 amide bonds. The van der Waals surface area contributed by atoms with E-state index in [9.17, 15) is 9.59 Å². The fourth-order valence-electron chi connectivity index (χ4n) is 7.88. The molecule has 2 heterocycles. The van der Waals surface area contributed by atoms with Crippen LogP contribution in [-0.4, -0.2) is 73.6 Å². The standard InChI is InChI=1S/C43H59N3O5Si/c1-41(2,3)50-40(47)46-28-22-32(23-29-46)18-20-37-35-19-21-38(36(30-45(6)7)39(35)51-44-37)49-31-43(26-27-43)25-24-42(4,5)52(48,33-14-10-8-11-15-33)34-16-12-9-13-17-34/h8-17,19,21,32,48H,18,20,22-31H2,1-7H3. The van der Waals surface area contributed by atoms with Crippen LogP contribution in [0, 0.1) is 11.3 Å². The van der Waals surface area contributed by atoms with Crippen molar-refractivity contribution in [2.45, 2.75) is 103 Å². The maximum atomic E-state index is 12.7. The Morgan fingerprint density at radius 2 is 1.58 bits per heavy atom. The summed E-state index contributed by atoms with van der Waals surface area (Å²) >= 11 is 0. The van der Waals surface area contributed by atoms with Crippen molar-refractivity contribution in [3.63, 3.8) is 0 Å². The van der Waals surface area contributed by atoms with Crippen molar-refractivity contribution in [1.29, 1.82) is 0 Å². The minimum Gasteiger partial charge on any atom is -0.493 e. The van der Waals surface area contributed by atoms with Crippen LogP contribution in [0.5, 0.6) is 5.75 Å². The van der Waals surface area contributed by atoms with E-state index in [0.29, 0.717) is 19.1 Å². The number of fused-ring (bicyclic) bond motifs is 1. The third-order valence-corrected chi connectivity index (χ3v) is 16.0. The number of nitrogens with zero attached hydrogens (tertiary/aromatic N) is 3. The third-order valence-electron chi connectivity index (χ3n) is 11.4. The van der Waals surface area contributed by atoms with Crippen molar-refractivity contribution in [3.05, 3.63) is 84.1 Å². The molecule has 1 aliphatic heterocycles. The van der Waals surface area contributed by atoms with Crippen molar-refractivity contribution in [3.8, 4) is 5.75 Å². The number of benzene rings is 3. The van der Waals surface area contributed by atoms with Gasteiger partial charge in [-0.2, -0.15) is 0 Å². The number of amides is 1. The van der Waals surface area contributed by atoms with Gasteiger partial charge in [-0.3, -0.25) is 0 Å². The lowest BCUT2D eigenvalue weighted by atomic mass is 9.91. The van der Waals surface area contributed by atoms with E-state index in [1.807, 2.05) is 62.1 Å². The predicted molar refractivity (Wildman–Crippen MR) is 211 cm³/mol. The fourth-order valence-corrected chi connectivity index (χ4v) is 11.6. The minimum atomic E-state index is -3.06. The largest absolute Gasteiger partial charge is 0.493 e. The Morgan fingerprint density at radius 1 is 0.962 bits per heavy atom. The highest BCUT2D eigenvalue weighted by Crippen LogP contribution is 2.54. The highest BCUT2D eigenvalue weighted by Gasteiger charge is 2.52. The molecule has 2 aliphatic rings. The molecule has 2 fully saturated rings. The van der Waals surface area contributed by atoms with Crippen LogP contribution < -0.4 is 15.1 Å². The van der Waals surface area contributed by atoms with Crippen molar-refractivity contribution in [2.24, 2.45) is 11.3 Å². The molecule has 1 saturated heterocycles. The summed E-state index contributed by atoms with van der Waals surface area (Å²) in [6.45, 7) is 13.0. The third kappa shape index (κ3) is 8.58. The molecule has 6 rings (SSSR count). The average molecular weight is 726 g/mol. The Bertz CT molecular complexity index is 1750. The van der Waals surface area contributed by atoms with Gasteiger partial charge in [0.25, 0.3) is 8.32 Å². The smallest absolute Gasteiger partial charge is 0.410 e. The van der Waals surface area contributed by atoms with Gasteiger partial charge in [-0.05, 0) is 120 Å². The Hall–Kier alpha value is -3.66. The fraction of sp³-hybridized carbons (Fsp3) is 0.535. The molecule has 0 atom stereocenters. The van der Waals surface area contributed by atoms with E-state index in [2.05, 4.69) is 74.4 Å². The molecule has 280 valence electrons. The summed E-state index contributed by atoms with van der Waals surface area (Å²) in [6.07, 6.45) is 7.76. The lowest BCUT2D eigenvalue weighted by Crippen LogP contribution is -2.65. The molecule has 9 heteroatoms. The topological polar surface area (TPSA) is 88.3 Å². The number of piperidine rings is 1. The number of carbonyl (C=O) groups excluding carboxylic acids is 1. The first-order chi connectivity index (χ1) is 24.7. The van der Waals surface area contributed by atoms with Gasteiger partial charge in [0.2, 0.25) is 0 Å². The lowest BCUT2D eigenvalue weighted by Gasteiger charge is -2.42. The molecule has 1 aliphatic carbocycles. The number of likely N-dealkylation sites (tertiary alicyclic amines) is 1. The molecule has 0 unspecified atom stereocenters. The zero-order valence-electron chi connectivity index (χ0n) is 32.4. The van der Waals surface area contributed by atoms with Crippen LogP contribution in [0.2, 0.25) is 5.04 Å². The van der Waals surface area contributed by atoms with Gasteiger partial charge in [-0.15, -0.1) is 0 Å².